The predicted octanol–water partition coefficient (Wildman–Crippen LogP) is 5.53. The van der Waals surface area contributed by atoms with Gasteiger partial charge in [-0.1, -0.05) is 27.7 Å². The molecule has 0 bridgehead atoms. The molecule has 8 heterocycles. The van der Waals surface area contributed by atoms with Gasteiger partial charge < -0.3 is 147 Å². The highest BCUT2D eigenvalue weighted by Gasteiger charge is 2.70. The lowest BCUT2D eigenvalue weighted by Crippen LogP contribution is -2.70. The van der Waals surface area contributed by atoms with Crippen LogP contribution in [0.4, 0.5) is 0 Å². The molecule has 0 amide bonds. The molecule has 12 fully saturated rings. The van der Waals surface area contributed by atoms with E-state index in [0.29, 0.717) is 41.4 Å². The third-order valence-electron chi connectivity index (χ3n) is 28.0. The zero-order valence-electron chi connectivity index (χ0n) is 69.4. The van der Waals surface area contributed by atoms with E-state index in [1.54, 1.807) is 99.5 Å². The maximum atomic E-state index is 7.53. The van der Waals surface area contributed by atoms with Crippen molar-refractivity contribution in [3.63, 3.8) is 0 Å². The Bertz CT molecular complexity index is 2760. The van der Waals surface area contributed by atoms with E-state index >= 15 is 0 Å². The molecule has 2 unspecified atom stereocenters. The molecule has 8 saturated heterocycles. The summed E-state index contributed by atoms with van der Waals surface area (Å²) in [4.78, 5) is 0. The van der Waals surface area contributed by atoms with Crippen LogP contribution in [0.1, 0.15) is 98.8 Å². The van der Waals surface area contributed by atoms with Crippen molar-refractivity contribution in [2.75, 3.05) is 161 Å². The molecule has 1 spiro atoms. The van der Waals surface area contributed by atoms with E-state index in [1.807, 2.05) is 6.92 Å². The van der Waals surface area contributed by atoms with Crippen LogP contribution in [0.15, 0.2) is 0 Å². The summed E-state index contributed by atoms with van der Waals surface area (Å²) in [5.41, 5.74) is 0.398. The first-order valence-corrected chi connectivity index (χ1v) is 40.2. The lowest BCUT2D eigenvalue weighted by Gasteiger charge is -2.61. The zero-order valence-corrected chi connectivity index (χ0v) is 69.4. The molecule has 31 nitrogen and oxygen atoms in total. The molecule has 0 radical (unpaired) electrons. The van der Waals surface area contributed by atoms with Crippen molar-refractivity contribution < 1.29 is 147 Å². The van der Waals surface area contributed by atoms with Gasteiger partial charge in [0.05, 0.1) is 58.0 Å². The largest absolute Gasteiger partial charge is 0.382 e. The second-order valence-corrected chi connectivity index (χ2v) is 33.3. The van der Waals surface area contributed by atoms with E-state index in [9.17, 15) is 0 Å². The van der Waals surface area contributed by atoms with E-state index in [1.165, 1.54) is 40.6 Å². The van der Waals surface area contributed by atoms with Gasteiger partial charge in [0.15, 0.2) is 43.5 Å². The second-order valence-electron chi connectivity index (χ2n) is 33.3. The third-order valence-corrected chi connectivity index (χ3v) is 28.0. The van der Waals surface area contributed by atoms with Gasteiger partial charge in [0.25, 0.3) is 0 Å². The number of methoxy groups -OCH3 is 17. The molecule has 0 aromatic carbocycles. The first-order chi connectivity index (χ1) is 53.2. The summed E-state index contributed by atoms with van der Waals surface area (Å²) in [6.45, 7) is 12.7. The van der Waals surface area contributed by atoms with Crippen LogP contribution in [0.2, 0.25) is 0 Å². The lowest BCUT2D eigenvalue weighted by molar-refractivity contribution is -0.417. The molecule has 12 rings (SSSR count). The Hall–Kier alpha value is -1.24. The first kappa shape index (κ1) is 88.1. The number of fused-ring (bicyclic) bond motifs is 7. The normalized spacial score (nSPS) is 50.5. The highest BCUT2D eigenvalue weighted by atomic mass is 16.8. The smallest absolute Gasteiger partial charge is 0.187 e. The zero-order chi connectivity index (χ0) is 78.7. The minimum absolute atomic E-state index is 0.0182. The fraction of sp³-hybridized carbons (Fsp3) is 1.00. The summed E-state index contributed by atoms with van der Waals surface area (Å²) in [7, 11) is 26.7. The van der Waals surface area contributed by atoms with Gasteiger partial charge in [-0.15, -0.1) is 0 Å². The number of hydrogen-bond donors (Lipinski definition) is 0. The van der Waals surface area contributed by atoms with Crippen LogP contribution in [0.5, 0.6) is 0 Å². The topological polar surface area (TPSA) is 286 Å². The van der Waals surface area contributed by atoms with E-state index in [0.717, 1.165) is 51.6 Å². The molecule has 41 atom stereocenters. The van der Waals surface area contributed by atoms with Gasteiger partial charge in [0.2, 0.25) is 0 Å². The van der Waals surface area contributed by atoms with Crippen LogP contribution in [0, 0.1) is 52.3 Å². The summed E-state index contributed by atoms with van der Waals surface area (Å²) >= 11 is 0. The van der Waals surface area contributed by atoms with E-state index in [4.69, 9.17) is 147 Å². The molecule has 0 aromatic rings. The summed E-state index contributed by atoms with van der Waals surface area (Å²) in [6.07, 6.45) is -16.2. The Morgan fingerprint density at radius 2 is 0.764 bits per heavy atom. The summed E-state index contributed by atoms with van der Waals surface area (Å²) in [5.74, 6) is 3.43. The fourth-order valence-corrected chi connectivity index (χ4v) is 22.6. The maximum Gasteiger partial charge on any atom is 0.187 e. The van der Waals surface area contributed by atoms with Crippen LogP contribution in [-0.2, 0) is 147 Å². The summed E-state index contributed by atoms with van der Waals surface area (Å²) < 4.78 is 204. The van der Waals surface area contributed by atoms with Gasteiger partial charge in [-0.3, -0.25) is 0 Å². The Labute approximate surface area is 652 Å². The number of rotatable bonds is 33. The molecule has 31 heteroatoms. The molecule has 4 saturated carbocycles. The number of ether oxygens (including phenoxy) is 31. The fourth-order valence-electron chi connectivity index (χ4n) is 22.6. The van der Waals surface area contributed by atoms with E-state index in [2.05, 4.69) is 27.7 Å². The van der Waals surface area contributed by atoms with E-state index < -0.39 is 184 Å². The van der Waals surface area contributed by atoms with Gasteiger partial charge in [-0.2, -0.15) is 0 Å². The molecular weight excluding hydrogens is 1440 g/mol. The van der Waals surface area contributed by atoms with Gasteiger partial charge in [-0.25, -0.2) is 0 Å². The van der Waals surface area contributed by atoms with Crippen molar-refractivity contribution in [2.24, 2.45) is 52.3 Å². The molecule has 0 N–H and O–H groups in total. The lowest BCUT2D eigenvalue weighted by atomic mass is 9.44. The van der Waals surface area contributed by atoms with Crippen LogP contribution in [-0.4, -0.2) is 357 Å². The Balaban J connectivity index is 0.844. The van der Waals surface area contributed by atoms with Crippen LogP contribution in [0.25, 0.3) is 0 Å². The Kier molecular flexibility index (Phi) is 31.1. The second kappa shape index (κ2) is 38.9. The van der Waals surface area contributed by atoms with Gasteiger partial charge in [0.1, 0.15) is 134 Å². The van der Waals surface area contributed by atoms with Crippen molar-refractivity contribution in [2.45, 2.75) is 295 Å². The van der Waals surface area contributed by atoms with Crippen molar-refractivity contribution >= 4 is 0 Å². The SMILES string of the molecule is COC[C@H]1O[C@@H](O[C@H]2CC[C@@]3(C)[C@@H](CC[C@@H]4[C@@H]3CC[C@]3(C)C5C(C[C@@H]43)O[C@]3(CC[C@@H](C)CO3)[C@H]5C)C2)[C@H](OC)[C@@H](OC)[C@H]1O[C@@H]1O[C@H](COC)[C@@H](OC)[C@H](O[C@@H]2O[C@H](COC)[C@@H](OC)[C@H](O[C@@H]3OC[C@@H](OC)[C@H](OC)[C@H]3OC)[C@H]2OC)[C@H]1O[C@@H]1O[C@H](COC)[C@@H](O[C@@H]2O[C@@H](C)[C@H](OC)[C@@H](OC)[C@H]2OC)[C@H](OC)[C@H]1OC. The standard InChI is InChI=1S/C79H136O31/c1-39-25-30-79(98-33-39)40(2)53-47(110-79)32-46-44-24-23-42-31-43(26-28-77(42,4)45(44)27-29-78(46,53)5)100-73-67(94-20)61(90-16)59(51(103-73)36-82-8)106-76-70(109-74-68(95-21)62(91-17)58(52(104-74)37-83-9)105-72-66(93-19)60(89-15)54(85-11)41(3)99-72)64(57(88-14)50(102-76)35-81-7)108-75-69(96-22)63(56(87-13)49(101-75)34-80-6)107-71-65(92-18)55(86-12)48(84-10)38-97-71/h39-76H,23-38H2,1-22H3/t39-,40+,41+,42+,43+,44-,45+,46+,47?,48-,49-,50-,51-,52-,53?,54+,55+,56-,57-,58-,59+,60-,61+,62+,63+,64+,65-,66-,67-,68-,69-,70-,71+,72+,73-,74+,75+,76+,77+,78+,79-/m1/s1. The summed E-state index contributed by atoms with van der Waals surface area (Å²) in [5, 5.41) is 0. The first-order valence-electron chi connectivity index (χ1n) is 40.2. The van der Waals surface area contributed by atoms with E-state index in [-0.39, 0.29) is 56.1 Å². The molecule has 8 aliphatic heterocycles. The average molecular weight is 1580 g/mol. The quantitative estimate of drug-likeness (QED) is 0.0730. The van der Waals surface area contributed by atoms with Gasteiger partial charge >= 0.3 is 0 Å². The third kappa shape index (κ3) is 16.9. The molecule has 4 aliphatic carbocycles. The minimum Gasteiger partial charge on any atom is -0.382 e. The van der Waals surface area contributed by atoms with Crippen LogP contribution >= 0.6 is 0 Å². The van der Waals surface area contributed by atoms with Crippen molar-refractivity contribution in [3.8, 4) is 0 Å². The van der Waals surface area contributed by atoms with Gasteiger partial charge in [-0.05, 0) is 111 Å². The monoisotopic (exact) mass is 1580 g/mol. The van der Waals surface area contributed by atoms with Crippen molar-refractivity contribution in [1.82, 2.24) is 0 Å². The van der Waals surface area contributed by atoms with Crippen LogP contribution in [0.3, 0.4) is 0 Å². The number of hydrogen-bond acceptors (Lipinski definition) is 31. The average Bonchev–Trinajstić information content (AvgIpc) is 1.61. The minimum atomic E-state index is -1.45. The molecular formula is C79H136O31. The predicted molar refractivity (Wildman–Crippen MR) is 388 cm³/mol. The van der Waals surface area contributed by atoms with Gasteiger partial charge in [0, 0.05) is 133 Å². The molecule has 638 valence electrons. The Morgan fingerprint density at radius 3 is 1.25 bits per heavy atom. The Morgan fingerprint density at radius 1 is 0.336 bits per heavy atom. The van der Waals surface area contributed by atoms with Crippen molar-refractivity contribution in [1.29, 1.82) is 0 Å². The highest BCUT2D eigenvalue weighted by molar-refractivity contribution is 5.16. The summed E-state index contributed by atoms with van der Waals surface area (Å²) in [6, 6.07) is 0. The van der Waals surface area contributed by atoms with Crippen molar-refractivity contribution in [3.05, 3.63) is 0 Å². The molecule has 110 heavy (non-hydrogen) atoms. The molecule has 12 aliphatic rings. The maximum absolute atomic E-state index is 7.53. The molecule has 0 aromatic heterocycles. The van der Waals surface area contributed by atoms with Crippen LogP contribution < -0.4 is 0 Å². The highest BCUT2D eigenvalue weighted by Crippen LogP contribution is 2.72.